The van der Waals surface area contributed by atoms with Crippen LogP contribution in [0.3, 0.4) is 0 Å². The summed E-state index contributed by atoms with van der Waals surface area (Å²) in [6, 6.07) is 15.0. The number of amides is 1. The van der Waals surface area contributed by atoms with Gasteiger partial charge in [0, 0.05) is 43.3 Å². The molecule has 2 saturated heterocycles. The average molecular weight is 500 g/mol. The maximum Gasteiger partial charge on any atom is 0.231 e. The summed E-state index contributed by atoms with van der Waals surface area (Å²) < 4.78 is 0. The van der Waals surface area contributed by atoms with Crippen LogP contribution in [0, 0.1) is 0 Å². The zero-order valence-corrected chi connectivity index (χ0v) is 22.0. The van der Waals surface area contributed by atoms with Gasteiger partial charge in [-0.1, -0.05) is 49.4 Å². The maximum atomic E-state index is 14.2. The molecule has 7 heteroatoms. The SMILES string of the molecule is C[C@@H]1C[C@@H](O)c2ncnc(N3CCN(C(=O)C(c4ccc5ccccc5c4)C4CCC(C)(C)N4)CC3)c21. The molecule has 6 rings (SSSR count). The lowest BCUT2D eigenvalue weighted by molar-refractivity contribution is -0.133. The molecule has 7 nitrogen and oxygen atoms in total. The highest BCUT2D eigenvalue weighted by atomic mass is 16.3. The topological polar surface area (TPSA) is 81.6 Å². The molecule has 4 atom stereocenters. The molecule has 3 aromatic rings. The predicted octanol–water partition coefficient (Wildman–Crippen LogP) is 4.13. The molecule has 37 heavy (non-hydrogen) atoms. The molecule has 0 radical (unpaired) electrons. The predicted molar refractivity (Wildman–Crippen MR) is 146 cm³/mol. The number of anilines is 1. The van der Waals surface area contributed by atoms with Crippen molar-refractivity contribution in [2.75, 3.05) is 31.1 Å². The van der Waals surface area contributed by atoms with Gasteiger partial charge in [-0.3, -0.25) is 4.79 Å². The first-order chi connectivity index (χ1) is 17.8. The quantitative estimate of drug-likeness (QED) is 0.562. The molecule has 0 spiro atoms. The second-order valence-corrected chi connectivity index (χ2v) is 11.7. The van der Waals surface area contributed by atoms with Gasteiger partial charge in [-0.2, -0.15) is 0 Å². The molecule has 2 unspecified atom stereocenters. The summed E-state index contributed by atoms with van der Waals surface area (Å²) in [6.45, 7) is 9.37. The minimum Gasteiger partial charge on any atom is -0.387 e. The number of piperazine rings is 1. The molecular weight excluding hydrogens is 462 g/mol. The Bertz CT molecular complexity index is 1320. The average Bonchev–Trinajstić information content (AvgIpc) is 3.41. The number of hydrogen-bond donors (Lipinski definition) is 2. The van der Waals surface area contributed by atoms with Crippen molar-refractivity contribution in [2.24, 2.45) is 0 Å². The lowest BCUT2D eigenvalue weighted by Gasteiger charge is -2.39. The lowest BCUT2D eigenvalue weighted by atomic mass is 9.87. The standard InChI is InChI=1S/C30H37N5O2/c1-19-16-24(36)27-25(19)28(32-18-31-27)34-12-14-35(15-13-34)29(37)26(23-10-11-30(2,3)33-23)22-9-8-20-6-4-5-7-21(20)17-22/h4-9,17-19,23-24,26,33,36H,10-16H2,1-3H3/t19-,23?,24-,26?/m1/s1. The minimum atomic E-state index is -0.513. The van der Waals surface area contributed by atoms with Crippen LogP contribution in [-0.2, 0) is 4.79 Å². The van der Waals surface area contributed by atoms with E-state index in [0.29, 0.717) is 19.5 Å². The third kappa shape index (κ3) is 4.48. The summed E-state index contributed by atoms with van der Waals surface area (Å²) in [4.78, 5) is 27.5. The highest BCUT2D eigenvalue weighted by Gasteiger charge is 2.41. The molecule has 1 amide bonds. The van der Waals surface area contributed by atoms with E-state index in [1.807, 2.05) is 4.90 Å². The van der Waals surface area contributed by atoms with Gasteiger partial charge >= 0.3 is 0 Å². The molecule has 194 valence electrons. The van der Waals surface area contributed by atoms with Crippen molar-refractivity contribution < 1.29 is 9.90 Å². The van der Waals surface area contributed by atoms with E-state index in [9.17, 15) is 9.90 Å². The van der Waals surface area contributed by atoms with Crippen LogP contribution in [-0.4, -0.2) is 63.6 Å². The van der Waals surface area contributed by atoms with E-state index < -0.39 is 6.10 Å². The summed E-state index contributed by atoms with van der Waals surface area (Å²) in [5.74, 6) is 1.15. The summed E-state index contributed by atoms with van der Waals surface area (Å²) >= 11 is 0. The molecule has 1 aliphatic carbocycles. The molecule has 2 N–H and O–H groups in total. The zero-order valence-electron chi connectivity index (χ0n) is 22.0. The van der Waals surface area contributed by atoms with Crippen molar-refractivity contribution in [2.45, 2.75) is 69.6 Å². The van der Waals surface area contributed by atoms with Crippen LogP contribution in [0.15, 0.2) is 48.8 Å². The number of fused-ring (bicyclic) bond motifs is 2. The molecule has 2 aromatic carbocycles. The molecule has 0 saturated carbocycles. The van der Waals surface area contributed by atoms with Crippen LogP contribution in [0.1, 0.15) is 74.8 Å². The number of hydrogen-bond acceptors (Lipinski definition) is 6. The number of aromatic nitrogens is 2. The van der Waals surface area contributed by atoms with E-state index in [1.165, 1.54) is 10.8 Å². The Morgan fingerprint density at radius 3 is 2.57 bits per heavy atom. The largest absolute Gasteiger partial charge is 0.387 e. The van der Waals surface area contributed by atoms with Crippen molar-refractivity contribution in [1.29, 1.82) is 0 Å². The van der Waals surface area contributed by atoms with Crippen LogP contribution in [0.2, 0.25) is 0 Å². The van der Waals surface area contributed by atoms with Gasteiger partial charge in [-0.15, -0.1) is 0 Å². The zero-order chi connectivity index (χ0) is 25.7. The van der Waals surface area contributed by atoms with Crippen molar-refractivity contribution >= 4 is 22.5 Å². The maximum absolute atomic E-state index is 14.2. The monoisotopic (exact) mass is 499 g/mol. The normalized spacial score (nSPS) is 25.9. The van der Waals surface area contributed by atoms with Gasteiger partial charge in [0.15, 0.2) is 0 Å². The number of nitrogens with one attached hydrogen (secondary N) is 1. The molecule has 3 aliphatic rings. The number of aliphatic hydroxyl groups excluding tert-OH is 1. The first kappa shape index (κ1) is 24.3. The Morgan fingerprint density at radius 1 is 1.08 bits per heavy atom. The summed E-state index contributed by atoms with van der Waals surface area (Å²) in [7, 11) is 0. The lowest BCUT2D eigenvalue weighted by Crippen LogP contribution is -2.53. The van der Waals surface area contributed by atoms with Crippen LogP contribution in [0.25, 0.3) is 10.8 Å². The number of benzene rings is 2. The smallest absolute Gasteiger partial charge is 0.231 e. The minimum absolute atomic E-state index is 0.0351. The van der Waals surface area contributed by atoms with Gasteiger partial charge < -0.3 is 20.2 Å². The van der Waals surface area contributed by atoms with Crippen molar-refractivity contribution in [1.82, 2.24) is 20.2 Å². The second kappa shape index (κ2) is 9.37. The highest BCUT2D eigenvalue weighted by molar-refractivity contribution is 5.88. The number of nitrogens with zero attached hydrogens (tertiary/aromatic N) is 4. The van der Waals surface area contributed by atoms with Gasteiger partial charge in [-0.25, -0.2) is 9.97 Å². The van der Waals surface area contributed by atoms with E-state index in [0.717, 1.165) is 48.6 Å². The number of carbonyl (C=O) groups excluding carboxylic acids is 1. The van der Waals surface area contributed by atoms with Gasteiger partial charge in [0.05, 0.1) is 17.7 Å². The third-order valence-electron chi connectivity index (χ3n) is 8.63. The first-order valence-electron chi connectivity index (χ1n) is 13.6. The van der Waals surface area contributed by atoms with E-state index in [2.05, 4.69) is 83.4 Å². The van der Waals surface area contributed by atoms with Crippen molar-refractivity contribution in [3.05, 3.63) is 65.6 Å². The Balaban J connectivity index is 1.24. The first-order valence-corrected chi connectivity index (χ1v) is 13.6. The van der Waals surface area contributed by atoms with Gasteiger partial charge in [0.25, 0.3) is 0 Å². The fourth-order valence-corrected chi connectivity index (χ4v) is 6.65. The highest BCUT2D eigenvalue weighted by Crippen LogP contribution is 2.43. The van der Waals surface area contributed by atoms with Crippen LogP contribution in [0.5, 0.6) is 0 Å². The Morgan fingerprint density at radius 2 is 1.84 bits per heavy atom. The van der Waals surface area contributed by atoms with E-state index in [-0.39, 0.29) is 29.3 Å². The van der Waals surface area contributed by atoms with Crippen LogP contribution >= 0.6 is 0 Å². The Kier molecular flexibility index (Phi) is 6.16. The molecule has 3 heterocycles. The van der Waals surface area contributed by atoms with Crippen LogP contribution < -0.4 is 10.2 Å². The van der Waals surface area contributed by atoms with Gasteiger partial charge in [0.2, 0.25) is 5.91 Å². The Hall–Kier alpha value is -3.03. The Labute approximate surface area is 218 Å². The van der Waals surface area contributed by atoms with Gasteiger partial charge in [0.1, 0.15) is 12.1 Å². The number of carbonyl (C=O) groups is 1. The second-order valence-electron chi connectivity index (χ2n) is 11.7. The third-order valence-corrected chi connectivity index (χ3v) is 8.63. The van der Waals surface area contributed by atoms with Crippen LogP contribution in [0.4, 0.5) is 5.82 Å². The van der Waals surface area contributed by atoms with Gasteiger partial charge in [-0.05, 0) is 55.4 Å². The summed E-state index contributed by atoms with van der Waals surface area (Å²) in [6.07, 6.45) is 3.80. The van der Waals surface area contributed by atoms with E-state index in [4.69, 9.17) is 0 Å². The van der Waals surface area contributed by atoms with Crippen molar-refractivity contribution in [3.8, 4) is 0 Å². The molecular formula is C30H37N5O2. The van der Waals surface area contributed by atoms with E-state index >= 15 is 0 Å². The molecule has 2 fully saturated rings. The number of rotatable bonds is 4. The molecule has 1 aromatic heterocycles. The fraction of sp³-hybridized carbons (Fsp3) is 0.500. The summed E-state index contributed by atoms with van der Waals surface area (Å²) in [5, 5.41) is 16.5. The fourth-order valence-electron chi connectivity index (χ4n) is 6.65. The van der Waals surface area contributed by atoms with Crippen molar-refractivity contribution in [3.63, 3.8) is 0 Å². The number of aliphatic hydroxyl groups is 1. The van der Waals surface area contributed by atoms with E-state index in [1.54, 1.807) is 6.33 Å². The summed E-state index contributed by atoms with van der Waals surface area (Å²) in [5.41, 5.74) is 2.97. The molecule has 2 aliphatic heterocycles. The molecule has 0 bridgehead atoms.